The van der Waals surface area contributed by atoms with Crippen molar-refractivity contribution in [3.63, 3.8) is 0 Å². The Morgan fingerprint density at radius 2 is 2.05 bits per heavy atom. The zero-order valence-electron chi connectivity index (χ0n) is 12.6. The zero-order chi connectivity index (χ0) is 15.2. The van der Waals surface area contributed by atoms with Gasteiger partial charge in [-0.3, -0.25) is 0 Å². The lowest BCUT2D eigenvalue weighted by Gasteiger charge is -2.34. The molecule has 0 aromatic carbocycles. The number of likely N-dealkylation sites (tertiary alicyclic amines) is 1. The number of urea groups is 1. The van der Waals surface area contributed by atoms with E-state index in [0.29, 0.717) is 19.6 Å². The second-order valence-electron chi connectivity index (χ2n) is 6.01. The van der Waals surface area contributed by atoms with Gasteiger partial charge < -0.3 is 26.0 Å². The van der Waals surface area contributed by atoms with Crippen molar-refractivity contribution in [3.05, 3.63) is 0 Å². The topological polar surface area (TPSA) is 96.7 Å². The van der Waals surface area contributed by atoms with Gasteiger partial charge in [0.2, 0.25) is 0 Å². The highest BCUT2D eigenvalue weighted by molar-refractivity contribution is 5.71. The van der Waals surface area contributed by atoms with Crippen molar-refractivity contribution >= 4 is 12.1 Å². The number of ether oxygens (including phenoxy) is 1. The van der Waals surface area contributed by atoms with E-state index in [2.05, 4.69) is 10.6 Å². The van der Waals surface area contributed by atoms with Crippen LogP contribution < -0.4 is 16.4 Å². The van der Waals surface area contributed by atoms with Crippen LogP contribution >= 0.6 is 0 Å². The van der Waals surface area contributed by atoms with Gasteiger partial charge in [0, 0.05) is 32.2 Å². The third-order valence-corrected chi connectivity index (χ3v) is 2.93. The molecule has 1 aliphatic heterocycles. The molecule has 1 saturated heterocycles. The number of nitrogens with zero attached hydrogens (tertiary/aromatic N) is 1. The normalized spacial score (nSPS) is 19.6. The van der Waals surface area contributed by atoms with Gasteiger partial charge in [-0.15, -0.1) is 0 Å². The van der Waals surface area contributed by atoms with Crippen LogP contribution in [0.5, 0.6) is 0 Å². The van der Waals surface area contributed by atoms with Crippen molar-refractivity contribution in [3.8, 4) is 0 Å². The Morgan fingerprint density at radius 3 is 2.65 bits per heavy atom. The number of nitrogens with one attached hydrogen (secondary N) is 2. The molecule has 0 aliphatic carbocycles. The van der Waals surface area contributed by atoms with Crippen molar-refractivity contribution in [1.29, 1.82) is 0 Å². The lowest BCUT2D eigenvalue weighted by atomic mass is 10.1. The lowest BCUT2D eigenvalue weighted by molar-refractivity contribution is 0.0188. The number of rotatable bonds is 4. The van der Waals surface area contributed by atoms with Crippen LogP contribution in [-0.4, -0.2) is 54.8 Å². The second kappa shape index (κ2) is 7.33. The number of carbonyl (C=O) groups is 2. The fraction of sp³-hybridized carbons (Fsp3) is 0.846. The Balaban J connectivity index is 2.31. The lowest BCUT2D eigenvalue weighted by Crippen LogP contribution is -2.50. The van der Waals surface area contributed by atoms with E-state index in [0.717, 1.165) is 19.4 Å². The van der Waals surface area contributed by atoms with Gasteiger partial charge in [0.15, 0.2) is 0 Å². The van der Waals surface area contributed by atoms with Crippen LogP contribution in [0.2, 0.25) is 0 Å². The fourth-order valence-electron chi connectivity index (χ4n) is 2.10. The molecule has 1 unspecified atom stereocenters. The summed E-state index contributed by atoms with van der Waals surface area (Å²) in [6.07, 6.45) is 1.69. The Labute approximate surface area is 120 Å². The predicted molar refractivity (Wildman–Crippen MR) is 76.4 cm³/mol. The summed E-state index contributed by atoms with van der Waals surface area (Å²) < 4.78 is 5.37. The molecule has 0 aromatic rings. The molecular weight excluding hydrogens is 260 g/mol. The Bertz CT molecular complexity index is 341. The van der Waals surface area contributed by atoms with Gasteiger partial charge in [0.25, 0.3) is 0 Å². The number of nitrogens with two attached hydrogens (primary N) is 1. The minimum Gasteiger partial charge on any atom is -0.444 e. The van der Waals surface area contributed by atoms with E-state index in [-0.39, 0.29) is 12.1 Å². The fourth-order valence-corrected chi connectivity index (χ4v) is 2.10. The second-order valence-corrected chi connectivity index (χ2v) is 6.01. The molecule has 116 valence electrons. The molecule has 7 nitrogen and oxygen atoms in total. The van der Waals surface area contributed by atoms with Gasteiger partial charge in [-0.05, 0) is 33.6 Å². The highest BCUT2D eigenvalue weighted by Crippen LogP contribution is 2.15. The van der Waals surface area contributed by atoms with E-state index >= 15 is 0 Å². The molecule has 0 saturated carbocycles. The van der Waals surface area contributed by atoms with Crippen molar-refractivity contribution in [2.24, 2.45) is 5.73 Å². The van der Waals surface area contributed by atoms with Gasteiger partial charge in [-0.1, -0.05) is 0 Å². The highest BCUT2D eigenvalue weighted by atomic mass is 16.6. The monoisotopic (exact) mass is 286 g/mol. The van der Waals surface area contributed by atoms with E-state index in [9.17, 15) is 9.59 Å². The van der Waals surface area contributed by atoms with Crippen molar-refractivity contribution in [1.82, 2.24) is 15.5 Å². The molecule has 4 N–H and O–H groups in total. The average Bonchev–Trinajstić information content (AvgIpc) is 2.33. The van der Waals surface area contributed by atoms with E-state index in [1.54, 1.807) is 4.90 Å². The van der Waals surface area contributed by atoms with Crippen LogP contribution in [0.1, 0.15) is 33.6 Å². The number of hydrogen-bond donors (Lipinski definition) is 3. The highest BCUT2D eigenvalue weighted by Gasteiger charge is 2.27. The molecule has 7 heteroatoms. The number of carbonyl (C=O) groups excluding carboxylic acids is 2. The van der Waals surface area contributed by atoms with Crippen LogP contribution in [0.25, 0.3) is 0 Å². The first-order valence-electron chi connectivity index (χ1n) is 7.02. The average molecular weight is 286 g/mol. The Kier molecular flexibility index (Phi) is 6.06. The van der Waals surface area contributed by atoms with E-state index in [1.807, 2.05) is 20.8 Å². The van der Waals surface area contributed by atoms with E-state index < -0.39 is 11.6 Å². The maximum atomic E-state index is 12.0. The molecule has 0 bridgehead atoms. The van der Waals surface area contributed by atoms with Gasteiger partial charge in [0.1, 0.15) is 5.60 Å². The molecule has 1 fully saturated rings. The summed E-state index contributed by atoms with van der Waals surface area (Å²) in [5.41, 5.74) is 4.52. The number of piperidine rings is 1. The molecular formula is C13H26N4O3. The SMILES string of the molecule is CC(C)(C)OC(=O)N1CCCC(NCCNC(N)=O)C1. The number of hydrogen-bond acceptors (Lipinski definition) is 4. The van der Waals surface area contributed by atoms with Crippen LogP contribution in [0.3, 0.4) is 0 Å². The summed E-state index contributed by atoms with van der Waals surface area (Å²) in [5, 5.41) is 5.83. The smallest absolute Gasteiger partial charge is 0.410 e. The number of amides is 3. The maximum Gasteiger partial charge on any atom is 0.410 e. The molecule has 0 aromatic heterocycles. The van der Waals surface area contributed by atoms with Crippen LogP contribution in [-0.2, 0) is 4.74 Å². The summed E-state index contributed by atoms with van der Waals surface area (Å²) in [6, 6.07) is -0.295. The molecule has 20 heavy (non-hydrogen) atoms. The van der Waals surface area contributed by atoms with Gasteiger partial charge in [-0.2, -0.15) is 0 Å². The van der Waals surface area contributed by atoms with Crippen LogP contribution in [0, 0.1) is 0 Å². The largest absolute Gasteiger partial charge is 0.444 e. The van der Waals surface area contributed by atoms with E-state index in [1.165, 1.54) is 0 Å². The summed E-state index contributed by atoms with van der Waals surface area (Å²) in [6.45, 7) is 8.06. The van der Waals surface area contributed by atoms with Crippen LogP contribution in [0.15, 0.2) is 0 Å². The van der Waals surface area contributed by atoms with Gasteiger partial charge >= 0.3 is 12.1 Å². The molecule has 3 amide bonds. The Hall–Kier alpha value is -1.50. The van der Waals surface area contributed by atoms with Crippen LogP contribution in [0.4, 0.5) is 9.59 Å². The molecule has 0 spiro atoms. The quantitative estimate of drug-likeness (QED) is 0.661. The van der Waals surface area contributed by atoms with Crippen molar-refractivity contribution in [2.75, 3.05) is 26.2 Å². The van der Waals surface area contributed by atoms with E-state index in [4.69, 9.17) is 10.5 Å². The van der Waals surface area contributed by atoms with Gasteiger partial charge in [0.05, 0.1) is 0 Å². The molecule has 1 atom stereocenters. The van der Waals surface area contributed by atoms with Crippen molar-refractivity contribution in [2.45, 2.75) is 45.3 Å². The first-order valence-corrected chi connectivity index (χ1v) is 7.02. The minimum absolute atomic E-state index is 0.228. The van der Waals surface area contributed by atoms with Crippen molar-refractivity contribution < 1.29 is 14.3 Å². The third-order valence-electron chi connectivity index (χ3n) is 2.93. The number of primary amides is 1. The molecule has 1 rings (SSSR count). The first kappa shape index (κ1) is 16.6. The summed E-state index contributed by atoms with van der Waals surface area (Å²) in [7, 11) is 0. The maximum absolute atomic E-state index is 12.0. The molecule has 1 heterocycles. The summed E-state index contributed by atoms with van der Waals surface area (Å²) in [4.78, 5) is 24.2. The first-order chi connectivity index (χ1) is 9.28. The standard InChI is InChI=1S/C13H26N4O3/c1-13(2,3)20-12(19)17-8-4-5-10(9-17)15-6-7-16-11(14)18/h10,15H,4-9H2,1-3H3,(H3,14,16,18). The van der Waals surface area contributed by atoms with Gasteiger partial charge in [-0.25, -0.2) is 9.59 Å². The molecule has 0 radical (unpaired) electrons. The summed E-state index contributed by atoms with van der Waals surface area (Å²) in [5.74, 6) is 0. The minimum atomic E-state index is -0.522. The third kappa shape index (κ3) is 6.60. The predicted octanol–water partition coefficient (Wildman–Crippen LogP) is 0.644. The molecule has 1 aliphatic rings. The zero-order valence-corrected chi connectivity index (χ0v) is 12.6. The summed E-state index contributed by atoms with van der Waals surface area (Å²) >= 11 is 0. The Morgan fingerprint density at radius 1 is 1.35 bits per heavy atom.